The standard InChI is InChI=1S/C19H28N2O2/c1-3-15-7-4-5-8-16(15)18(23)21-12-10-19(14-22)9-6-11-20(2)17(19)13-21/h4-5,7-8,17,22H,3,6,9-14H2,1-2H3/t17-,19-/m1/s1. The topological polar surface area (TPSA) is 43.8 Å². The van der Waals surface area contributed by atoms with Gasteiger partial charge in [0.15, 0.2) is 0 Å². The van der Waals surface area contributed by atoms with Crippen LogP contribution in [0.4, 0.5) is 0 Å². The molecule has 2 atom stereocenters. The number of hydrogen-bond acceptors (Lipinski definition) is 3. The Bertz CT molecular complexity index is 574. The van der Waals surface area contributed by atoms with Crippen molar-refractivity contribution >= 4 is 5.91 Å². The molecule has 1 N–H and O–H groups in total. The zero-order valence-corrected chi connectivity index (χ0v) is 14.3. The Morgan fingerprint density at radius 1 is 1.30 bits per heavy atom. The van der Waals surface area contributed by atoms with Crippen LogP contribution >= 0.6 is 0 Å². The van der Waals surface area contributed by atoms with Crippen molar-refractivity contribution < 1.29 is 9.90 Å². The summed E-state index contributed by atoms with van der Waals surface area (Å²) in [5, 5.41) is 9.99. The third-order valence-electron chi connectivity index (χ3n) is 5.93. The van der Waals surface area contributed by atoms with Gasteiger partial charge in [0.05, 0.1) is 6.61 Å². The number of aryl methyl sites for hydroxylation is 1. The first kappa shape index (κ1) is 16.5. The lowest BCUT2D eigenvalue weighted by molar-refractivity contribution is -0.0601. The van der Waals surface area contributed by atoms with E-state index in [1.807, 2.05) is 29.2 Å². The Labute approximate surface area is 139 Å². The Morgan fingerprint density at radius 2 is 2.09 bits per heavy atom. The fourth-order valence-electron chi connectivity index (χ4n) is 4.41. The SMILES string of the molecule is CCc1ccccc1C(=O)N1CC[C@@]2(CO)CCCN(C)[C@@H]2C1. The summed E-state index contributed by atoms with van der Waals surface area (Å²) in [6.45, 7) is 4.86. The Kier molecular flexibility index (Phi) is 4.74. The molecule has 2 fully saturated rings. The molecule has 0 saturated carbocycles. The lowest BCUT2D eigenvalue weighted by Crippen LogP contribution is -2.62. The summed E-state index contributed by atoms with van der Waals surface area (Å²) >= 11 is 0. The van der Waals surface area contributed by atoms with Gasteiger partial charge in [-0.15, -0.1) is 0 Å². The van der Waals surface area contributed by atoms with E-state index in [4.69, 9.17) is 0 Å². The van der Waals surface area contributed by atoms with Crippen molar-refractivity contribution in [2.45, 2.75) is 38.6 Å². The number of carbonyl (C=O) groups is 1. The van der Waals surface area contributed by atoms with Crippen LogP contribution in [-0.2, 0) is 6.42 Å². The van der Waals surface area contributed by atoms with Gasteiger partial charge in [-0.25, -0.2) is 0 Å². The first-order chi connectivity index (χ1) is 11.1. The number of amides is 1. The van der Waals surface area contributed by atoms with Crippen molar-refractivity contribution in [3.05, 3.63) is 35.4 Å². The molecule has 0 aliphatic carbocycles. The number of fused-ring (bicyclic) bond motifs is 1. The Hall–Kier alpha value is -1.39. The molecule has 126 valence electrons. The minimum absolute atomic E-state index is 0.0198. The Morgan fingerprint density at radius 3 is 2.83 bits per heavy atom. The van der Waals surface area contributed by atoms with Crippen LogP contribution in [0.25, 0.3) is 0 Å². The fourth-order valence-corrected chi connectivity index (χ4v) is 4.41. The summed E-state index contributed by atoms with van der Waals surface area (Å²) in [5.74, 6) is 0.146. The zero-order chi connectivity index (χ0) is 16.4. The number of hydrogen-bond donors (Lipinski definition) is 1. The Balaban J connectivity index is 1.82. The monoisotopic (exact) mass is 316 g/mol. The molecule has 0 spiro atoms. The molecule has 23 heavy (non-hydrogen) atoms. The maximum Gasteiger partial charge on any atom is 0.254 e. The van der Waals surface area contributed by atoms with E-state index >= 15 is 0 Å². The molecule has 0 bridgehead atoms. The molecule has 1 amide bonds. The van der Waals surface area contributed by atoms with Crippen LogP contribution in [-0.4, -0.2) is 60.1 Å². The molecule has 1 aromatic rings. The molecule has 2 heterocycles. The molecule has 4 heteroatoms. The van der Waals surface area contributed by atoms with E-state index < -0.39 is 0 Å². The number of likely N-dealkylation sites (N-methyl/N-ethyl adjacent to an activating group) is 1. The number of carbonyl (C=O) groups excluding carboxylic acids is 1. The number of piperidine rings is 2. The fraction of sp³-hybridized carbons (Fsp3) is 0.632. The summed E-state index contributed by atoms with van der Waals surface area (Å²) in [5.41, 5.74) is 1.94. The van der Waals surface area contributed by atoms with Crippen LogP contribution < -0.4 is 0 Å². The van der Waals surface area contributed by atoms with Crippen LogP contribution in [0.3, 0.4) is 0 Å². The van der Waals surface area contributed by atoms with Gasteiger partial charge in [-0.1, -0.05) is 25.1 Å². The summed E-state index contributed by atoms with van der Waals surface area (Å²) in [7, 11) is 2.13. The third kappa shape index (κ3) is 2.90. The second-order valence-electron chi connectivity index (χ2n) is 7.13. The van der Waals surface area contributed by atoms with Crippen molar-refractivity contribution in [2.75, 3.05) is 33.3 Å². The number of benzene rings is 1. The average molecular weight is 316 g/mol. The van der Waals surface area contributed by atoms with Crippen LogP contribution in [0.1, 0.15) is 42.1 Å². The van der Waals surface area contributed by atoms with E-state index in [-0.39, 0.29) is 24.0 Å². The van der Waals surface area contributed by atoms with E-state index in [2.05, 4.69) is 18.9 Å². The molecule has 2 aliphatic heterocycles. The number of aliphatic hydroxyl groups excluding tert-OH is 1. The van der Waals surface area contributed by atoms with Gasteiger partial charge in [0.2, 0.25) is 0 Å². The van der Waals surface area contributed by atoms with E-state index in [1.54, 1.807) is 0 Å². The number of rotatable bonds is 3. The van der Waals surface area contributed by atoms with Crippen molar-refractivity contribution in [1.82, 2.24) is 9.80 Å². The highest BCUT2D eigenvalue weighted by Crippen LogP contribution is 2.41. The predicted molar refractivity (Wildman–Crippen MR) is 91.5 cm³/mol. The lowest BCUT2D eigenvalue weighted by atomic mass is 9.69. The van der Waals surface area contributed by atoms with E-state index in [0.717, 1.165) is 56.4 Å². The maximum atomic E-state index is 13.0. The smallest absolute Gasteiger partial charge is 0.254 e. The van der Waals surface area contributed by atoms with Gasteiger partial charge < -0.3 is 14.9 Å². The summed E-state index contributed by atoms with van der Waals surface area (Å²) < 4.78 is 0. The summed E-state index contributed by atoms with van der Waals surface area (Å²) in [4.78, 5) is 17.3. The third-order valence-corrected chi connectivity index (χ3v) is 5.93. The lowest BCUT2D eigenvalue weighted by Gasteiger charge is -2.53. The normalized spacial score (nSPS) is 28.5. The first-order valence-corrected chi connectivity index (χ1v) is 8.79. The number of aliphatic hydroxyl groups is 1. The predicted octanol–water partition coefficient (Wildman–Crippen LogP) is 2.17. The summed E-state index contributed by atoms with van der Waals surface area (Å²) in [6, 6.07) is 8.20. The number of nitrogens with zero attached hydrogens (tertiary/aromatic N) is 2. The van der Waals surface area contributed by atoms with Crippen LogP contribution in [0.15, 0.2) is 24.3 Å². The van der Waals surface area contributed by atoms with Gasteiger partial charge in [-0.05, 0) is 50.9 Å². The molecule has 3 rings (SSSR count). The summed E-state index contributed by atoms with van der Waals surface area (Å²) in [6.07, 6.45) is 3.99. The molecular formula is C19H28N2O2. The van der Waals surface area contributed by atoms with Gasteiger partial charge in [0, 0.05) is 30.1 Å². The van der Waals surface area contributed by atoms with Crippen molar-refractivity contribution in [3.63, 3.8) is 0 Å². The molecular weight excluding hydrogens is 288 g/mol. The van der Waals surface area contributed by atoms with Crippen LogP contribution in [0.2, 0.25) is 0 Å². The minimum atomic E-state index is -0.0198. The minimum Gasteiger partial charge on any atom is -0.396 e. The van der Waals surface area contributed by atoms with Gasteiger partial charge >= 0.3 is 0 Å². The zero-order valence-electron chi connectivity index (χ0n) is 14.3. The van der Waals surface area contributed by atoms with Crippen LogP contribution in [0, 0.1) is 5.41 Å². The highest BCUT2D eigenvalue weighted by atomic mass is 16.3. The van der Waals surface area contributed by atoms with Gasteiger partial charge in [-0.2, -0.15) is 0 Å². The largest absolute Gasteiger partial charge is 0.396 e. The van der Waals surface area contributed by atoms with Gasteiger partial charge in [-0.3, -0.25) is 4.79 Å². The second-order valence-corrected chi connectivity index (χ2v) is 7.13. The molecule has 1 aromatic carbocycles. The number of likely N-dealkylation sites (tertiary alicyclic amines) is 2. The first-order valence-electron chi connectivity index (χ1n) is 8.79. The van der Waals surface area contributed by atoms with Crippen molar-refractivity contribution in [3.8, 4) is 0 Å². The van der Waals surface area contributed by atoms with E-state index in [1.165, 1.54) is 0 Å². The molecule has 4 nitrogen and oxygen atoms in total. The van der Waals surface area contributed by atoms with Crippen molar-refractivity contribution in [1.29, 1.82) is 0 Å². The molecule has 2 saturated heterocycles. The van der Waals surface area contributed by atoms with Gasteiger partial charge in [0.25, 0.3) is 5.91 Å². The maximum absolute atomic E-state index is 13.0. The van der Waals surface area contributed by atoms with E-state index in [0.29, 0.717) is 0 Å². The van der Waals surface area contributed by atoms with Crippen LogP contribution in [0.5, 0.6) is 0 Å². The highest BCUT2D eigenvalue weighted by molar-refractivity contribution is 5.95. The molecule has 0 unspecified atom stereocenters. The molecule has 2 aliphatic rings. The molecule has 0 aromatic heterocycles. The highest BCUT2D eigenvalue weighted by Gasteiger charge is 2.47. The quantitative estimate of drug-likeness (QED) is 0.929. The van der Waals surface area contributed by atoms with Gasteiger partial charge in [0.1, 0.15) is 0 Å². The second kappa shape index (κ2) is 6.62. The van der Waals surface area contributed by atoms with E-state index in [9.17, 15) is 9.90 Å². The average Bonchev–Trinajstić information content (AvgIpc) is 2.61. The van der Waals surface area contributed by atoms with Crippen molar-refractivity contribution in [2.24, 2.45) is 5.41 Å². The molecule has 0 radical (unpaired) electrons.